The molecule has 22 heavy (non-hydrogen) atoms. The summed E-state index contributed by atoms with van der Waals surface area (Å²) in [6, 6.07) is 2.49. The van der Waals surface area contributed by atoms with Crippen molar-refractivity contribution in [2.24, 2.45) is 11.8 Å². The summed E-state index contributed by atoms with van der Waals surface area (Å²) in [6.07, 6.45) is 5.27. The Hall–Kier alpha value is -0.970. The fraction of sp³-hybridized carbons (Fsp3) is 0.765. The predicted molar refractivity (Wildman–Crippen MR) is 92.3 cm³/mol. The summed E-state index contributed by atoms with van der Waals surface area (Å²) in [7, 11) is 0. The van der Waals surface area contributed by atoms with Crippen molar-refractivity contribution in [3.05, 3.63) is 11.8 Å². The Kier molecular flexibility index (Phi) is 4.27. The first-order valence-electron chi connectivity index (χ1n) is 8.32. The van der Waals surface area contributed by atoms with Crippen LogP contribution in [0, 0.1) is 18.8 Å². The molecule has 122 valence electrons. The Morgan fingerprint density at radius 2 is 2.18 bits per heavy atom. The monoisotopic (exact) mass is 321 g/mol. The van der Waals surface area contributed by atoms with E-state index in [1.165, 1.54) is 25.7 Å². The summed E-state index contributed by atoms with van der Waals surface area (Å²) >= 11 is 1.68. The van der Waals surface area contributed by atoms with Gasteiger partial charge in [0.05, 0.1) is 17.5 Å². The first kappa shape index (κ1) is 15.9. The minimum absolute atomic E-state index is 0.0734. The number of aromatic nitrogens is 2. The quantitative estimate of drug-likeness (QED) is 0.911. The summed E-state index contributed by atoms with van der Waals surface area (Å²) < 4.78 is 2.21. The molecule has 0 aliphatic heterocycles. The van der Waals surface area contributed by atoms with E-state index in [0.29, 0.717) is 11.8 Å². The van der Waals surface area contributed by atoms with Gasteiger partial charge in [-0.15, -0.1) is 11.8 Å². The molecule has 1 heterocycles. The number of carbonyl (C=O) groups excluding carboxylic acids is 1. The molecule has 0 aromatic carbocycles. The van der Waals surface area contributed by atoms with Crippen LogP contribution in [-0.4, -0.2) is 26.2 Å². The molecule has 0 saturated heterocycles. The van der Waals surface area contributed by atoms with E-state index in [1.807, 2.05) is 13.0 Å². The number of rotatable bonds is 4. The molecule has 3 atom stereocenters. The second-order valence-electron chi connectivity index (χ2n) is 7.81. The van der Waals surface area contributed by atoms with Crippen molar-refractivity contribution in [3.63, 3.8) is 0 Å². The first-order valence-corrected chi connectivity index (χ1v) is 9.30. The van der Waals surface area contributed by atoms with Crippen LogP contribution in [0.3, 0.4) is 0 Å². The number of nitrogens with zero attached hydrogens (tertiary/aromatic N) is 2. The van der Waals surface area contributed by atoms with Gasteiger partial charge in [0.1, 0.15) is 5.82 Å². The molecule has 0 radical (unpaired) electrons. The number of aryl methyl sites for hydroxylation is 1. The maximum atomic E-state index is 12.2. The highest BCUT2D eigenvalue weighted by atomic mass is 32.2. The maximum absolute atomic E-state index is 12.2. The Labute approximate surface area is 137 Å². The molecular formula is C17H27N3OS. The standard InChI is InChI=1S/C17H27N3OS/c1-11-7-15(18-16(21)10-22-17(2,3)4)20(19-11)14-9-12-5-6-13(14)8-12/h7,12-14H,5-6,8-10H2,1-4H3,(H,18,21). The molecule has 1 amide bonds. The lowest BCUT2D eigenvalue weighted by Crippen LogP contribution is -2.24. The van der Waals surface area contributed by atoms with Crippen molar-refractivity contribution in [1.29, 1.82) is 0 Å². The van der Waals surface area contributed by atoms with E-state index in [4.69, 9.17) is 0 Å². The zero-order valence-electron chi connectivity index (χ0n) is 14.1. The van der Waals surface area contributed by atoms with Crippen molar-refractivity contribution in [3.8, 4) is 0 Å². The maximum Gasteiger partial charge on any atom is 0.235 e. The van der Waals surface area contributed by atoms with E-state index in [0.717, 1.165) is 23.3 Å². The van der Waals surface area contributed by atoms with Crippen LogP contribution < -0.4 is 5.32 Å². The lowest BCUT2D eigenvalue weighted by molar-refractivity contribution is -0.113. The normalized spacial score (nSPS) is 27.4. The second kappa shape index (κ2) is 5.91. The summed E-state index contributed by atoms with van der Waals surface area (Å²) in [4.78, 5) is 12.2. The largest absolute Gasteiger partial charge is 0.310 e. The van der Waals surface area contributed by atoms with E-state index >= 15 is 0 Å². The van der Waals surface area contributed by atoms with Crippen molar-refractivity contribution in [1.82, 2.24) is 9.78 Å². The molecule has 1 aromatic rings. The van der Waals surface area contributed by atoms with Crippen molar-refractivity contribution in [2.45, 2.75) is 64.2 Å². The van der Waals surface area contributed by atoms with E-state index < -0.39 is 0 Å². The van der Waals surface area contributed by atoms with Gasteiger partial charge in [-0.3, -0.25) is 4.79 Å². The molecule has 5 heteroatoms. The Morgan fingerprint density at radius 3 is 2.77 bits per heavy atom. The van der Waals surface area contributed by atoms with Crippen LogP contribution in [-0.2, 0) is 4.79 Å². The fourth-order valence-electron chi connectivity index (χ4n) is 3.83. The Bertz CT molecular complexity index is 561. The smallest absolute Gasteiger partial charge is 0.235 e. The lowest BCUT2D eigenvalue weighted by atomic mass is 9.95. The predicted octanol–water partition coefficient (Wildman–Crippen LogP) is 4.02. The van der Waals surface area contributed by atoms with E-state index in [1.54, 1.807) is 11.8 Å². The molecule has 0 spiro atoms. The fourth-order valence-corrected chi connectivity index (χ4v) is 4.47. The highest BCUT2D eigenvalue weighted by molar-refractivity contribution is 8.01. The average Bonchev–Trinajstić information content (AvgIpc) is 3.10. The van der Waals surface area contributed by atoms with Gasteiger partial charge in [-0.2, -0.15) is 5.10 Å². The Morgan fingerprint density at radius 1 is 1.41 bits per heavy atom. The molecular weight excluding hydrogens is 294 g/mol. The topological polar surface area (TPSA) is 46.9 Å². The SMILES string of the molecule is Cc1cc(NC(=O)CSC(C)(C)C)n(C2CC3CCC2C3)n1. The molecule has 2 aliphatic rings. The van der Waals surface area contributed by atoms with Crippen LogP contribution >= 0.6 is 11.8 Å². The number of fused-ring (bicyclic) bond motifs is 2. The molecule has 1 aromatic heterocycles. The van der Waals surface area contributed by atoms with Gasteiger partial charge in [-0.25, -0.2) is 4.68 Å². The van der Waals surface area contributed by atoms with Gasteiger partial charge in [-0.1, -0.05) is 27.2 Å². The van der Waals surface area contributed by atoms with Crippen LogP contribution in [0.4, 0.5) is 5.82 Å². The van der Waals surface area contributed by atoms with Crippen molar-refractivity contribution < 1.29 is 4.79 Å². The van der Waals surface area contributed by atoms with Gasteiger partial charge in [-0.05, 0) is 38.0 Å². The first-order chi connectivity index (χ1) is 10.3. The van der Waals surface area contributed by atoms with Crippen LogP contribution in [0.1, 0.15) is 58.2 Å². The molecule has 1 N–H and O–H groups in total. The third kappa shape index (κ3) is 3.50. The third-order valence-electron chi connectivity index (χ3n) is 4.78. The number of thioether (sulfide) groups is 1. The molecule has 3 unspecified atom stereocenters. The van der Waals surface area contributed by atoms with Crippen LogP contribution in [0.25, 0.3) is 0 Å². The average molecular weight is 321 g/mol. The number of carbonyl (C=O) groups is 1. The van der Waals surface area contributed by atoms with Crippen LogP contribution in [0.2, 0.25) is 0 Å². The number of hydrogen-bond donors (Lipinski definition) is 1. The summed E-state index contributed by atoms with van der Waals surface area (Å²) in [5.41, 5.74) is 0.988. The molecule has 2 aliphatic carbocycles. The molecule has 2 saturated carbocycles. The van der Waals surface area contributed by atoms with Crippen molar-refractivity contribution in [2.75, 3.05) is 11.1 Å². The number of amides is 1. The number of nitrogens with one attached hydrogen (secondary N) is 1. The zero-order valence-corrected chi connectivity index (χ0v) is 14.9. The van der Waals surface area contributed by atoms with E-state index in [9.17, 15) is 4.79 Å². The Balaban J connectivity index is 1.68. The zero-order chi connectivity index (χ0) is 15.9. The minimum Gasteiger partial charge on any atom is -0.310 e. The van der Waals surface area contributed by atoms with Gasteiger partial charge >= 0.3 is 0 Å². The van der Waals surface area contributed by atoms with Gasteiger partial charge < -0.3 is 5.32 Å². The molecule has 4 nitrogen and oxygen atoms in total. The van der Waals surface area contributed by atoms with E-state index in [2.05, 4.69) is 35.9 Å². The number of hydrogen-bond acceptors (Lipinski definition) is 3. The van der Waals surface area contributed by atoms with Crippen LogP contribution in [0.5, 0.6) is 0 Å². The van der Waals surface area contributed by atoms with E-state index in [-0.39, 0.29) is 10.7 Å². The molecule has 3 rings (SSSR count). The number of anilines is 1. The molecule has 2 bridgehead atoms. The third-order valence-corrected chi connectivity index (χ3v) is 6.05. The van der Waals surface area contributed by atoms with Gasteiger partial charge in [0.15, 0.2) is 0 Å². The van der Waals surface area contributed by atoms with Gasteiger partial charge in [0, 0.05) is 10.8 Å². The summed E-state index contributed by atoms with van der Waals surface area (Å²) in [6.45, 7) is 8.40. The lowest BCUT2D eigenvalue weighted by Gasteiger charge is -2.24. The minimum atomic E-state index is 0.0734. The van der Waals surface area contributed by atoms with Gasteiger partial charge in [0.2, 0.25) is 5.91 Å². The molecule has 2 fully saturated rings. The summed E-state index contributed by atoms with van der Waals surface area (Å²) in [5, 5.41) is 7.75. The van der Waals surface area contributed by atoms with Crippen molar-refractivity contribution >= 4 is 23.5 Å². The van der Waals surface area contributed by atoms with Gasteiger partial charge in [0.25, 0.3) is 0 Å². The highest BCUT2D eigenvalue weighted by Crippen LogP contribution is 2.51. The second-order valence-corrected chi connectivity index (χ2v) is 9.61. The highest BCUT2D eigenvalue weighted by Gasteiger charge is 2.41. The summed E-state index contributed by atoms with van der Waals surface area (Å²) in [5.74, 6) is 3.08. The van der Waals surface area contributed by atoms with Crippen LogP contribution in [0.15, 0.2) is 6.07 Å².